The number of aromatic nitrogens is 1. The number of fused-ring (bicyclic) bond motifs is 1. The van der Waals surface area contributed by atoms with Gasteiger partial charge >= 0.3 is 0 Å². The number of rotatable bonds is 5. The maximum Gasteiger partial charge on any atom is 0.269 e. The Bertz CT molecular complexity index is 1710. The van der Waals surface area contributed by atoms with Crippen LogP contribution >= 0.6 is 0 Å². The summed E-state index contributed by atoms with van der Waals surface area (Å²) in [6.07, 6.45) is 0. The van der Waals surface area contributed by atoms with Gasteiger partial charge in [0.05, 0.1) is 16.3 Å². The van der Waals surface area contributed by atoms with Crippen LogP contribution in [0.1, 0.15) is 16.8 Å². The molecule has 0 bridgehead atoms. The molecule has 0 amide bonds. The average Bonchev–Trinajstić information content (AvgIpc) is 2.79. The van der Waals surface area contributed by atoms with E-state index in [4.69, 9.17) is 5.14 Å². The molecule has 8 nitrogen and oxygen atoms in total. The smallest absolute Gasteiger partial charge is 0.269 e. The minimum absolute atomic E-state index is 0.0477. The second-order valence-corrected chi connectivity index (χ2v) is 11.4. The first kappa shape index (κ1) is 25.5. The molecule has 0 aliphatic heterocycles. The second-order valence-electron chi connectivity index (χ2n) is 8.15. The number of hydrogen-bond acceptors (Lipinski definition) is 6. The van der Waals surface area contributed by atoms with E-state index in [1.54, 1.807) is 6.92 Å². The zero-order valence-corrected chi connectivity index (χ0v) is 21.0. The normalized spacial score (nSPS) is 12.2. The zero-order valence-electron chi connectivity index (χ0n) is 19.3. The third kappa shape index (κ3) is 4.16. The number of aryl methyl sites for hydroxylation is 1. The molecule has 0 unspecified atom stereocenters. The third-order valence-electron chi connectivity index (χ3n) is 5.76. The SMILES string of the molecule is Cc1ccc2c(S(=O)(=O)N(c3cccc(F)c3C)c3cccc(F)c3C)cc(S(N)(=O)=O)c(O)c2n1. The number of phenolic OH excluding ortho intramolecular Hbond substituents is 1. The van der Waals surface area contributed by atoms with Gasteiger partial charge in [-0.25, -0.2) is 40.0 Å². The molecule has 188 valence electrons. The lowest BCUT2D eigenvalue weighted by Gasteiger charge is -2.28. The van der Waals surface area contributed by atoms with Gasteiger partial charge in [-0.1, -0.05) is 12.1 Å². The summed E-state index contributed by atoms with van der Waals surface area (Å²) >= 11 is 0. The lowest BCUT2D eigenvalue weighted by atomic mass is 10.1. The largest absolute Gasteiger partial charge is 0.504 e. The molecule has 4 aromatic rings. The molecule has 3 N–H and O–H groups in total. The van der Waals surface area contributed by atoms with E-state index in [9.17, 15) is 30.7 Å². The van der Waals surface area contributed by atoms with Crippen LogP contribution in [0.3, 0.4) is 0 Å². The highest BCUT2D eigenvalue weighted by atomic mass is 32.2. The Kier molecular flexibility index (Phi) is 6.23. The molecule has 12 heteroatoms. The Labute approximate surface area is 206 Å². The van der Waals surface area contributed by atoms with Crippen molar-refractivity contribution in [3.05, 3.63) is 83.1 Å². The van der Waals surface area contributed by atoms with Crippen LogP contribution in [0.4, 0.5) is 20.2 Å². The van der Waals surface area contributed by atoms with Gasteiger partial charge in [-0.2, -0.15) is 0 Å². The number of nitrogens with zero attached hydrogens (tertiary/aromatic N) is 2. The molecule has 0 aliphatic rings. The van der Waals surface area contributed by atoms with Crippen molar-refractivity contribution in [3.8, 4) is 5.75 Å². The van der Waals surface area contributed by atoms with E-state index in [1.807, 2.05) is 0 Å². The molecule has 0 atom stereocenters. The van der Waals surface area contributed by atoms with Gasteiger partial charge in [-0.15, -0.1) is 0 Å². The monoisotopic (exact) mass is 533 g/mol. The summed E-state index contributed by atoms with van der Waals surface area (Å²) in [5.41, 5.74) is -0.287. The van der Waals surface area contributed by atoms with Crippen molar-refractivity contribution in [2.45, 2.75) is 30.6 Å². The number of pyridine rings is 1. The lowest BCUT2D eigenvalue weighted by molar-refractivity contribution is 0.463. The van der Waals surface area contributed by atoms with E-state index >= 15 is 0 Å². The quantitative estimate of drug-likeness (QED) is 0.393. The molecule has 1 heterocycles. The maximum atomic E-state index is 14.6. The van der Waals surface area contributed by atoms with Gasteiger partial charge in [-0.05, 0) is 63.2 Å². The number of hydrogen-bond donors (Lipinski definition) is 2. The van der Waals surface area contributed by atoms with Crippen molar-refractivity contribution in [2.24, 2.45) is 5.14 Å². The van der Waals surface area contributed by atoms with Gasteiger partial charge in [0.25, 0.3) is 10.0 Å². The molecular formula is C24H21F2N3O5S2. The van der Waals surface area contributed by atoms with Crippen molar-refractivity contribution >= 4 is 42.3 Å². The van der Waals surface area contributed by atoms with Crippen molar-refractivity contribution in [3.63, 3.8) is 0 Å². The lowest BCUT2D eigenvalue weighted by Crippen LogP contribution is -2.29. The molecule has 4 rings (SSSR count). The molecule has 1 aromatic heterocycles. The molecule has 0 saturated heterocycles. The zero-order chi connectivity index (χ0) is 26.6. The van der Waals surface area contributed by atoms with Crippen molar-refractivity contribution < 1.29 is 30.7 Å². The summed E-state index contributed by atoms with van der Waals surface area (Å²) in [5.74, 6) is -2.23. The maximum absolute atomic E-state index is 14.6. The predicted molar refractivity (Wildman–Crippen MR) is 131 cm³/mol. The molecule has 0 aliphatic carbocycles. The molecular weight excluding hydrogens is 512 g/mol. The first-order chi connectivity index (χ1) is 16.7. The van der Waals surface area contributed by atoms with Crippen molar-refractivity contribution in [2.75, 3.05) is 4.31 Å². The molecule has 36 heavy (non-hydrogen) atoms. The number of primary sulfonamides is 1. The summed E-state index contributed by atoms with van der Waals surface area (Å²) in [4.78, 5) is 2.67. The standard InChI is InChI=1S/C24H21F2N3O5S2/c1-13-10-11-16-21(12-22(35(27,31)32)24(30)23(16)28-13)36(33,34)29(19-8-4-6-17(25)14(19)2)20-9-5-7-18(26)15(20)3/h4-12,30H,1-3H3,(H2,27,31,32). The number of nitrogens with two attached hydrogens (primary N) is 1. The fourth-order valence-electron chi connectivity index (χ4n) is 3.87. The van der Waals surface area contributed by atoms with E-state index in [1.165, 1.54) is 50.2 Å². The van der Waals surface area contributed by atoms with E-state index in [2.05, 4.69) is 4.98 Å². The summed E-state index contributed by atoms with van der Waals surface area (Å²) < 4.78 is 82.9. The minimum atomic E-state index is -4.80. The Morgan fingerprint density at radius 1 is 0.833 bits per heavy atom. The van der Waals surface area contributed by atoms with Gasteiger partial charge in [0.2, 0.25) is 10.0 Å². The number of anilines is 2. The van der Waals surface area contributed by atoms with E-state index in [0.717, 1.165) is 22.5 Å². The Morgan fingerprint density at radius 3 is 1.86 bits per heavy atom. The van der Waals surface area contributed by atoms with Gasteiger partial charge in [-0.3, -0.25) is 0 Å². The van der Waals surface area contributed by atoms with Crippen LogP contribution in [-0.2, 0) is 20.0 Å². The third-order valence-corrected chi connectivity index (χ3v) is 8.45. The summed E-state index contributed by atoms with van der Waals surface area (Å²) in [5, 5.41) is 15.8. The highest BCUT2D eigenvalue weighted by Crippen LogP contribution is 2.42. The number of benzene rings is 3. The van der Waals surface area contributed by atoms with E-state index in [0.29, 0.717) is 5.69 Å². The Balaban J connectivity index is 2.18. The van der Waals surface area contributed by atoms with Crippen molar-refractivity contribution in [1.29, 1.82) is 0 Å². The van der Waals surface area contributed by atoms with Crippen LogP contribution in [0.2, 0.25) is 0 Å². The van der Waals surface area contributed by atoms with Gasteiger partial charge in [0.1, 0.15) is 22.0 Å². The van der Waals surface area contributed by atoms with Gasteiger partial charge in [0, 0.05) is 22.2 Å². The minimum Gasteiger partial charge on any atom is -0.504 e. The number of halogens is 2. The average molecular weight is 534 g/mol. The van der Waals surface area contributed by atoms with Crippen LogP contribution in [0.15, 0.2) is 64.4 Å². The van der Waals surface area contributed by atoms with Crippen LogP contribution in [-0.4, -0.2) is 26.9 Å². The van der Waals surface area contributed by atoms with Gasteiger partial charge in [0.15, 0.2) is 5.75 Å². The van der Waals surface area contributed by atoms with E-state index < -0.39 is 47.2 Å². The highest BCUT2D eigenvalue weighted by molar-refractivity contribution is 7.93. The molecule has 0 fully saturated rings. The van der Waals surface area contributed by atoms with Crippen molar-refractivity contribution in [1.82, 2.24) is 4.98 Å². The fraction of sp³-hybridized carbons (Fsp3) is 0.125. The predicted octanol–water partition coefficient (Wildman–Crippen LogP) is 4.32. The van der Waals surface area contributed by atoms with Crippen LogP contribution in [0, 0.1) is 32.4 Å². The Hall–Kier alpha value is -3.61. The topological polar surface area (TPSA) is 131 Å². The van der Waals surface area contributed by atoms with Crippen LogP contribution < -0.4 is 9.44 Å². The number of aromatic hydroxyl groups is 1. The van der Waals surface area contributed by atoms with Gasteiger partial charge < -0.3 is 5.11 Å². The molecule has 0 radical (unpaired) electrons. The molecule has 0 spiro atoms. The summed E-state index contributed by atoms with van der Waals surface area (Å²) in [6, 6.07) is 11.1. The first-order valence-corrected chi connectivity index (χ1v) is 13.5. The Morgan fingerprint density at radius 2 is 1.36 bits per heavy atom. The van der Waals surface area contributed by atoms with E-state index in [-0.39, 0.29) is 33.4 Å². The highest BCUT2D eigenvalue weighted by Gasteiger charge is 2.34. The van der Waals surface area contributed by atoms with Crippen LogP contribution in [0.25, 0.3) is 10.9 Å². The summed E-state index contributed by atoms with van der Waals surface area (Å²) in [6.45, 7) is 4.28. The molecule has 3 aromatic carbocycles. The second kappa shape index (κ2) is 8.80. The molecule has 0 saturated carbocycles. The van der Waals surface area contributed by atoms with Crippen LogP contribution in [0.5, 0.6) is 5.75 Å². The summed E-state index contributed by atoms with van der Waals surface area (Å²) in [7, 11) is -9.39. The first-order valence-electron chi connectivity index (χ1n) is 10.5. The number of phenols is 1. The fourth-order valence-corrected chi connectivity index (χ4v) is 6.41. The number of sulfonamides is 2.